The first-order valence-corrected chi connectivity index (χ1v) is 7.56. The number of allylic oxidation sites excluding steroid dienone is 1. The van der Waals surface area contributed by atoms with Crippen molar-refractivity contribution >= 4 is 11.9 Å². The first-order chi connectivity index (χ1) is 12.0. The van der Waals surface area contributed by atoms with E-state index in [9.17, 15) is 14.0 Å². The molecule has 1 heterocycles. The predicted octanol–water partition coefficient (Wildman–Crippen LogP) is 2.26. The molecule has 0 aliphatic heterocycles. The lowest BCUT2D eigenvalue weighted by Gasteiger charge is -2.06. The molecule has 7 nitrogen and oxygen atoms in total. The van der Waals surface area contributed by atoms with E-state index in [0.717, 1.165) is 0 Å². The first kappa shape index (κ1) is 18.2. The van der Waals surface area contributed by atoms with Crippen LogP contribution in [-0.4, -0.2) is 28.3 Å². The second kappa shape index (κ2) is 8.62. The maximum absolute atomic E-state index is 12.8. The molecule has 1 N–H and O–H groups in total. The summed E-state index contributed by atoms with van der Waals surface area (Å²) in [6, 6.07) is 7.08. The Morgan fingerprint density at radius 1 is 1.28 bits per heavy atom. The van der Waals surface area contributed by atoms with Gasteiger partial charge in [-0.3, -0.25) is 4.79 Å². The Morgan fingerprint density at radius 2 is 2.00 bits per heavy atom. The smallest absolute Gasteiger partial charge is 0.332 e. The van der Waals surface area contributed by atoms with Gasteiger partial charge in [0.15, 0.2) is 12.4 Å². The molecule has 0 fully saturated rings. The lowest BCUT2D eigenvalue weighted by Crippen LogP contribution is -2.23. The Bertz CT molecular complexity index is 768. The zero-order chi connectivity index (χ0) is 18.2. The molecule has 0 aliphatic rings. The summed E-state index contributed by atoms with van der Waals surface area (Å²) in [6.45, 7) is 3.59. The minimum Gasteiger partial charge on any atom is -0.471 e. The fourth-order valence-electron chi connectivity index (χ4n) is 1.87. The molecular formula is C17H18FN3O4. The molecule has 132 valence electrons. The van der Waals surface area contributed by atoms with Gasteiger partial charge in [-0.15, -0.1) is 0 Å². The largest absolute Gasteiger partial charge is 0.471 e. The van der Waals surface area contributed by atoms with Crippen molar-refractivity contribution in [1.82, 2.24) is 15.1 Å². The van der Waals surface area contributed by atoms with Gasteiger partial charge in [-0.1, -0.05) is 0 Å². The summed E-state index contributed by atoms with van der Waals surface area (Å²) in [5.41, 5.74) is 0.514. The van der Waals surface area contributed by atoms with Crippen LogP contribution in [0.3, 0.4) is 0 Å². The van der Waals surface area contributed by atoms with Crippen molar-refractivity contribution in [3.63, 3.8) is 0 Å². The van der Waals surface area contributed by atoms with E-state index in [1.165, 1.54) is 41.1 Å². The summed E-state index contributed by atoms with van der Waals surface area (Å²) < 4.78 is 24.4. The number of hydrogen-bond acceptors (Lipinski definition) is 5. The predicted molar refractivity (Wildman–Crippen MR) is 87.1 cm³/mol. The first-order valence-electron chi connectivity index (χ1n) is 7.56. The summed E-state index contributed by atoms with van der Waals surface area (Å²) in [7, 11) is 0. The van der Waals surface area contributed by atoms with E-state index < -0.39 is 11.9 Å². The topological polar surface area (TPSA) is 82.5 Å². The molecule has 0 saturated heterocycles. The number of carbonyl (C=O) groups is 2. The molecular weight excluding hydrogens is 329 g/mol. The maximum Gasteiger partial charge on any atom is 0.332 e. The number of aromatic nitrogens is 2. The second-order valence-corrected chi connectivity index (χ2v) is 5.00. The van der Waals surface area contributed by atoms with Gasteiger partial charge in [-0.05, 0) is 44.2 Å². The Balaban J connectivity index is 1.90. The van der Waals surface area contributed by atoms with Crippen molar-refractivity contribution in [2.45, 2.75) is 20.6 Å². The molecule has 0 bridgehead atoms. The number of amides is 1. The van der Waals surface area contributed by atoms with Crippen molar-refractivity contribution in [3.05, 3.63) is 59.8 Å². The van der Waals surface area contributed by atoms with Crippen LogP contribution >= 0.6 is 0 Å². The third-order valence-corrected chi connectivity index (χ3v) is 2.98. The highest BCUT2D eigenvalue weighted by atomic mass is 19.1. The molecule has 1 amide bonds. The molecule has 2 aromatic rings. The number of benzene rings is 1. The summed E-state index contributed by atoms with van der Waals surface area (Å²) >= 11 is 0. The number of hydrogen-bond donors (Lipinski definition) is 1. The van der Waals surface area contributed by atoms with Crippen molar-refractivity contribution in [1.29, 1.82) is 0 Å². The zero-order valence-electron chi connectivity index (χ0n) is 13.9. The summed E-state index contributed by atoms with van der Waals surface area (Å²) in [4.78, 5) is 23.4. The van der Waals surface area contributed by atoms with Gasteiger partial charge >= 0.3 is 5.97 Å². The Kier molecular flexibility index (Phi) is 6.27. The van der Waals surface area contributed by atoms with Crippen molar-refractivity contribution in [2.75, 3.05) is 6.61 Å². The molecule has 0 spiro atoms. The van der Waals surface area contributed by atoms with Crippen LogP contribution in [0.5, 0.6) is 5.75 Å². The molecule has 25 heavy (non-hydrogen) atoms. The van der Waals surface area contributed by atoms with Gasteiger partial charge in [-0.2, -0.15) is 5.10 Å². The quantitative estimate of drug-likeness (QED) is 0.614. The molecule has 0 saturated carbocycles. The minimum absolute atomic E-state index is 0.0660. The number of carbonyl (C=O) groups excluding carboxylic acids is 2. The van der Waals surface area contributed by atoms with E-state index in [1.807, 2.05) is 0 Å². The zero-order valence-corrected chi connectivity index (χ0v) is 13.9. The summed E-state index contributed by atoms with van der Waals surface area (Å²) in [5, 5.41) is 6.62. The number of esters is 1. The van der Waals surface area contributed by atoms with Crippen LogP contribution in [0, 0.1) is 5.82 Å². The summed E-state index contributed by atoms with van der Waals surface area (Å²) in [6.07, 6.45) is 2.76. The third kappa shape index (κ3) is 5.76. The lowest BCUT2D eigenvalue weighted by molar-refractivity contribution is -0.137. The normalized spacial score (nSPS) is 11.1. The molecule has 0 radical (unpaired) electrons. The SMILES string of the molecule is CCOC(=O)/C=C(\C)NC(=O)c1ccn(COc2ccc(F)cc2)n1. The van der Waals surface area contributed by atoms with Crippen molar-refractivity contribution in [3.8, 4) is 5.75 Å². The van der Waals surface area contributed by atoms with Gasteiger partial charge in [0.05, 0.1) is 6.61 Å². The van der Waals surface area contributed by atoms with E-state index >= 15 is 0 Å². The van der Waals surface area contributed by atoms with Crippen LogP contribution < -0.4 is 10.1 Å². The maximum atomic E-state index is 12.8. The highest BCUT2D eigenvalue weighted by Gasteiger charge is 2.10. The van der Waals surface area contributed by atoms with Crippen molar-refractivity contribution in [2.24, 2.45) is 0 Å². The standard InChI is InChI=1S/C17H18FN3O4/c1-3-24-16(22)10-12(2)19-17(23)15-8-9-21(20-15)11-25-14-6-4-13(18)5-7-14/h4-10H,3,11H2,1-2H3,(H,19,23)/b12-10+. The Labute approximate surface area is 144 Å². The van der Waals surface area contributed by atoms with Crippen LogP contribution in [0.25, 0.3) is 0 Å². The molecule has 1 aromatic heterocycles. The fourth-order valence-corrected chi connectivity index (χ4v) is 1.87. The highest BCUT2D eigenvalue weighted by Crippen LogP contribution is 2.11. The number of halogens is 1. The van der Waals surface area contributed by atoms with E-state index in [2.05, 4.69) is 10.4 Å². The molecule has 1 aromatic carbocycles. The van der Waals surface area contributed by atoms with Crippen LogP contribution in [-0.2, 0) is 16.3 Å². The number of ether oxygens (including phenoxy) is 2. The van der Waals surface area contributed by atoms with Gasteiger partial charge < -0.3 is 14.8 Å². The van der Waals surface area contributed by atoms with Crippen LogP contribution in [0.4, 0.5) is 4.39 Å². The van der Waals surface area contributed by atoms with Gasteiger partial charge in [0.25, 0.3) is 5.91 Å². The van der Waals surface area contributed by atoms with Gasteiger partial charge in [0, 0.05) is 18.0 Å². The monoisotopic (exact) mass is 347 g/mol. The average Bonchev–Trinajstić information content (AvgIpc) is 3.03. The molecule has 2 rings (SSSR count). The number of nitrogens with zero attached hydrogens (tertiary/aromatic N) is 2. The van der Waals surface area contributed by atoms with Gasteiger partial charge in [-0.25, -0.2) is 13.9 Å². The molecule has 0 unspecified atom stereocenters. The number of rotatable bonds is 7. The van der Waals surface area contributed by atoms with Gasteiger partial charge in [0.1, 0.15) is 11.6 Å². The highest BCUT2D eigenvalue weighted by molar-refractivity contribution is 5.94. The van der Waals surface area contributed by atoms with E-state index in [-0.39, 0.29) is 24.8 Å². The van der Waals surface area contributed by atoms with E-state index in [4.69, 9.17) is 9.47 Å². The molecule has 8 heteroatoms. The summed E-state index contributed by atoms with van der Waals surface area (Å²) in [5.74, 6) is -0.857. The van der Waals surface area contributed by atoms with E-state index in [0.29, 0.717) is 11.4 Å². The van der Waals surface area contributed by atoms with Gasteiger partial charge in [0.2, 0.25) is 0 Å². The lowest BCUT2D eigenvalue weighted by atomic mass is 10.3. The van der Waals surface area contributed by atoms with Crippen LogP contribution in [0.2, 0.25) is 0 Å². The molecule has 0 aliphatic carbocycles. The molecule has 0 atom stereocenters. The average molecular weight is 347 g/mol. The van der Waals surface area contributed by atoms with E-state index in [1.54, 1.807) is 20.0 Å². The number of nitrogens with one attached hydrogen (secondary N) is 1. The fraction of sp³-hybridized carbons (Fsp3) is 0.235. The third-order valence-electron chi connectivity index (χ3n) is 2.98. The van der Waals surface area contributed by atoms with Crippen molar-refractivity contribution < 1.29 is 23.5 Å². The second-order valence-electron chi connectivity index (χ2n) is 5.00. The Hall–Kier alpha value is -3.16. The van der Waals surface area contributed by atoms with Crippen LogP contribution in [0.1, 0.15) is 24.3 Å². The minimum atomic E-state index is -0.529. The Morgan fingerprint density at radius 3 is 2.68 bits per heavy atom. The van der Waals surface area contributed by atoms with Crippen LogP contribution in [0.15, 0.2) is 48.3 Å².